The molecule has 5 rings (SSSR count). The van der Waals surface area contributed by atoms with Gasteiger partial charge in [0, 0.05) is 28.5 Å². The lowest BCUT2D eigenvalue weighted by molar-refractivity contribution is -0.649. The molecule has 2 aromatic heterocycles. The van der Waals surface area contributed by atoms with Crippen molar-refractivity contribution in [2.45, 2.75) is 13.8 Å². The maximum atomic E-state index is 6.13. The predicted molar refractivity (Wildman–Crippen MR) is 115 cm³/mol. The quantitative estimate of drug-likeness (QED) is 0.333. The molecule has 0 atom stereocenters. The molecular weight excluding hydrogens is 342 g/mol. The molecule has 2 heteroatoms. The van der Waals surface area contributed by atoms with Crippen LogP contribution in [0.3, 0.4) is 0 Å². The second kappa shape index (κ2) is 6.35. The van der Waals surface area contributed by atoms with Gasteiger partial charge in [-0.25, -0.2) is 0 Å². The van der Waals surface area contributed by atoms with Crippen LogP contribution in [0, 0.1) is 13.8 Å². The van der Waals surface area contributed by atoms with Crippen molar-refractivity contribution < 1.29 is 8.98 Å². The van der Waals surface area contributed by atoms with Gasteiger partial charge in [-0.05, 0) is 55.3 Å². The standard InChI is InChI=1S/C26H22NO/c1-17-9-4-5-10-19(17)23-12-8-13-24(27(23)3)21-16-26-22(15-18(21)2)20-11-6-7-14-25(20)28-26/h4-16H,1-3H3/q+1. The molecule has 136 valence electrons. The van der Waals surface area contributed by atoms with Crippen molar-refractivity contribution in [3.8, 4) is 22.5 Å². The van der Waals surface area contributed by atoms with Crippen LogP contribution in [0.2, 0.25) is 0 Å². The molecule has 0 bridgehead atoms. The second-order valence-corrected chi connectivity index (χ2v) is 7.43. The maximum Gasteiger partial charge on any atom is 0.213 e. The van der Waals surface area contributed by atoms with Gasteiger partial charge in [0.15, 0.2) is 0 Å². The molecule has 0 saturated carbocycles. The lowest BCUT2D eigenvalue weighted by Crippen LogP contribution is -2.34. The first-order valence-electron chi connectivity index (χ1n) is 9.61. The summed E-state index contributed by atoms with van der Waals surface area (Å²) in [5, 5.41) is 2.35. The molecule has 0 radical (unpaired) electrons. The average Bonchev–Trinajstić information content (AvgIpc) is 3.06. The van der Waals surface area contributed by atoms with E-state index in [1.54, 1.807) is 0 Å². The van der Waals surface area contributed by atoms with Crippen LogP contribution in [0.4, 0.5) is 0 Å². The minimum atomic E-state index is 0.933. The predicted octanol–water partition coefficient (Wildman–Crippen LogP) is 6.36. The number of benzene rings is 3. The summed E-state index contributed by atoms with van der Waals surface area (Å²) in [7, 11) is 2.14. The van der Waals surface area contributed by atoms with E-state index < -0.39 is 0 Å². The monoisotopic (exact) mass is 364 g/mol. The molecule has 0 aliphatic carbocycles. The number of hydrogen-bond acceptors (Lipinski definition) is 1. The summed E-state index contributed by atoms with van der Waals surface area (Å²) in [5.74, 6) is 0. The fourth-order valence-electron chi connectivity index (χ4n) is 4.14. The highest BCUT2D eigenvalue weighted by Gasteiger charge is 2.20. The topological polar surface area (TPSA) is 17.0 Å². The Morgan fingerprint density at radius 1 is 0.607 bits per heavy atom. The van der Waals surface area contributed by atoms with Crippen LogP contribution in [0.25, 0.3) is 44.5 Å². The zero-order chi connectivity index (χ0) is 19.3. The fraction of sp³-hybridized carbons (Fsp3) is 0.115. The highest BCUT2D eigenvalue weighted by atomic mass is 16.3. The zero-order valence-electron chi connectivity index (χ0n) is 16.4. The second-order valence-electron chi connectivity index (χ2n) is 7.43. The third-order valence-corrected chi connectivity index (χ3v) is 5.65. The Kier molecular flexibility index (Phi) is 3.80. The van der Waals surface area contributed by atoms with E-state index in [1.807, 2.05) is 12.1 Å². The maximum absolute atomic E-state index is 6.13. The Labute approximate surface area is 164 Å². The highest BCUT2D eigenvalue weighted by molar-refractivity contribution is 6.06. The van der Waals surface area contributed by atoms with E-state index in [2.05, 4.69) is 92.2 Å². The number of hydrogen-bond donors (Lipinski definition) is 0. The summed E-state index contributed by atoms with van der Waals surface area (Å²) in [6.45, 7) is 4.34. The van der Waals surface area contributed by atoms with E-state index in [9.17, 15) is 0 Å². The van der Waals surface area contributed by atoms with Gasteiger partial charge in [-0.1, -0.05) is 36.4 Å². The van der Waals surface area contributed by atoms with E-state index in [1.165, 1.54) is 44.4 Å². The number of aryl methyl sites for hydroxylation is 2. The van der Waals surface area contributed by atoms with Crippen LogP contribution in [0.5, 0.6) is 0 Å². The molecule has 0 spiro atoms. The van der Waals surface area contributed by atoms with E-state index >= 15 is 0 Å². The van der Waals surface area contributed by atoms with Crippen molar-refractivity contribution in [1.82, 2.24) is 0 Å². The first-order valence-corrected chi connectivity index (χ1v) is 9.61. The summed E-state index contributed by atoms with van der Waals surface area (Å²) in [5.41, 5.74) is 9.24. The van der Waals surface area contributed by atoms with Gasteiger partial charge in [-0.2, -0.15) is 4.57 Å². The zero-order valence-corrected chi connectivity index (χ0v) is 16.4. The molecular formula is C26H22NO+. The van der Waals surface area contributed by atoms with Crippen molar-refractivity contribution in [1.29, 1.82) is 0 Å². The molecule has 0 amide bonds. The van der Waals surface area contributed by atoms with Crippen molar-refractivity contribution in [2.75, 3.05) is 0 Å². The molecule has 28 heavy (non-hydrogen) atoms. The van der Waals surface area contributed by atoms with Crippen LogP contribution in [0.1, 0.15) is 11.1 Å². The Bertz CT molecular complexity index is 1340. The van der Waals surface area contributed by atoms with E-state index in [4.69, 9.17) is 4.42 Å². The van der Waals surface area contributed by atoms with Gasteiger partial charge in [0.05, 0.1) is 5.56 Å². The van der Waals surface area contributed by atoms with Crippen LogP contribution >= 0.6 is 0 Å². The number of aromatic nitrogens is 1. The molecule has 0 aliphatic rings. The molecule has 5 aromatic rings. The van der Waals surface area contributed by atoms with Crippen LogP contribution < -0.4 is 4.57 Å². The van der Waals surface area contributed by atoms with Gasteiger partial charge in [-0.3, -0.25) is 0 Å². The van der Waals surface area contributed by atoms with Gasteiger partial charge >= 0.3 is 0 Å². The van der Waals surface area contributed by atoms with Gasteiger partial charge < -0.3 is 4.42 Å². The summed E-state index contributed by atoms with van der Waals surface area (Å²) in [6.07, 6.45) is 0. The Morgan fingerprint density at radius 3 is 2.14 bits per heavy atom. The lowest BCUT2D eigenvalue weighted by Gasteiger charge is -2.09. The van der Waals surface area contributed by atoms with Crippen LogP contribution in [0.15, 0.2) is 83.3 Å². The fourth-order valence-corrected chi connectivity index (χ4v) is 4.14. The number of para-hydroxylation sites is 1. The summed E-state index contributed by atoms with van der Waals surface area (Å²) >= 11 is 0. The van der Waals surface area contributed by atoms with Crippen LogP contribution in [-0.4, -0.2) is 0 Å². The van der Waals surface area contributed by atoms with Gasteiger partial charge in [0.25, 0.3) is 0 Å². The average molecular weight is 364 g/mol. The smallest absolute Gasteiger partial charge is 0.213 e. The van der Waals surface area contributed by atoms with Crippen LogP contribution in [-0.2, 0) is 7.05 Å². The Hall–Kier alpha value is -3.39. The van der Waals surface area contributed by atoms with E-state index in [0.717, 1.165) is 11.2 Å². The highest BCUT2D eigenvalue weighted by Crippen LogP contribution is 2.34. The molecule has 2 nitrogen and oxygen atoms in total. The molecule has 2 heterocycles. The minimum absolute atomic E-state index is 0.933. The number of furan rings is 1. The number of rotatable bonds is 2. The normalized spacial score (nSPS) is 11.4. The number of fused-ring (bicyclic) bond motifs is 3. The molecule has 0 N–H and O–H groups in total. The third kappa shape index (κ3) is 2.53. The molecule has 0 fully saturated rings. The number of nitrogens with zero attached hydrogens (tertiary/aromatic N) is 1. The molecule has 0 aliphatic heterocycles. The Morgan fingerprint density at radius 2 is 1.32 bits per heavy atom. The summed E-state index contributed by atoms with van der Waals surface area (Å²) < 4.78 is 8.41. The molecule has 0 saturated heterocycles. The first kappa shape index (κ1) is 16.8. The van der Waals surface area contributed by atoms with Crippen molar-refractivity contribution in [3.63, 3.8) is 0 Å². The first-order chi connectivity index (χ1) is 13.6. The van der Waals surface area contributed by atoms with Gasteiger partial charge in [0.2, 0.25) is 11.4 Å². The van der Waals surface area contributed by atoms with Gasteiger partial charge in [-0.15, -0.1) is 0 Å². The summed E-state index contributed by atoms with van der Waals surface area (Å²) in [6, 6.07) is 27.7. The van der Waals surface area contributed by atoms with E-state index in [0.29, 0.717) is 0 Å². The molecule has 3 aromatic carbocycles. The van der Waals surface area contributed by atoms with Gasteiger partial charge in [0.1, 0.15) is 18.2 Å². The van der Waals surface area contributed by atoms with Crippen molar-refractivity contribution in [3.05, 3.63) is 90.0 Å². The number of pyridine rings is 1. The Balaban J connectivity index is 1.74. The van der Waals surface area contributed by atoms with E-state index in [-0.39, 0.29) is 0 Å². The van der Waals surface area contributed by atoms with Crippen molar-refractivity contribution >= 4 is 21.9 Å². The summed E-state index contributed by atoms with van der Waals surface area (Å²) in [4.78, 5) is 0. The van der Waals surface area contributed by atoms with Crippen molar-refractivity contribution in [2.24, 2.45) is 7.05 Å². The molecule has 0 unspecified atom stereocenters. The lowest BCUT2D eigenvalue weighted by atomic mass is 9.99. The minimum Gasteiger partial charge on any atom is -0.456 e. The SMILES string of the molecule is Cc1ccccc1-c1cccc(-c2cc3oc4ccccc4c3cc2C)[n+]1C. The largest absolute Gasteiger partial charge is 0.456 e. The third-order valence-electron chi connectivity index (χ3n) is 5.65.